The molecule has 0 aliphatic heterocycles. The van der Waals surface area contributed by atoms with Gasteiger partial charge >= 0.3 is 5.97 Å². The van der Waals surface area contributed by atoms with Crippen molar-refractivity contribution in [3.63, 3.8) is 0 Å². The molecule has 0 amide bonds. The van der Waals surface area contributed by atoms with E-state index in [0.29, 0.717) is 5.57 Å². The maximum atomic E-state index is 10.9. The van der Waals surface area contributed by atoms with Crippen LogP contribution in [0.25, 0.3) is 0 Å². The number of aliphatic carboxylic acids is 1. The molecule has 1 aromatic rings. The Balaban J connectivity index is 2.33. The number of carbonyl (C=O) groups is 1. The number of hydrogen-bond donors (Lipinski definition) is 1. The fourth-order valence-electron chi connectivity index (χ4n) is 2.05. The standard InChI is InChI=1S/C13H14O2/c1-9(13(14)15)11-7-6-10-4-2-3-5-12(10)8-11/h2-5H,6-8H2,1H3,(H,14,15). The van der Waals surface area contributed by atoms with Crippen LogP contribution in [0.5, 0.6) is 0 Å². The SMILES string of the molecule is CC(C(=O)O)=C1CCc2ccccc2C1. The predicted molar refractivity (Wildman–Crippen MR) is 58.8 cm³/mol. The molecular formula is C13H14O2. The summed E-state index contributed by atoms with van der Waals surface area (Å²) in [5.74, 6) is -0.788. The molecule has 0 saturated heterocycles. The van der Waals surface area contributed by atoms with Crippen LogP contribution >= 0.6 is 0 Å². The molecule has 1 N–H and O–H groups in total. The highest BCUT2D eigenvalue weighted by Crippen LogP contribution is 2.26. The summed E-state index contributed by atoms with van der Waals surface area (Å²) in [4.78, 5) is 10.9. The Morgan fingerprint density at radius 2 is 1.87 bits per heavy atom. The Labute approximate surface area is 89.2 Å². The van der Waals surface area contributed by atoms with Crippen molar-refractivity contribution < 1.29 is 9.90 Å². The van der Waals surface area contributed by atoms with Gasteiger partial charge in [-0.1, -0.05) is 29.8 Å². The summed E-state index contributed by atoms with van der Waals surface area (Å²) >= 11 is 0. The number of carboxylic acids is 1. The maximum absolute atomic E-state index is 10.9. The third-order valence-electron chi connectivity index (χ3n) is 3.07. The van der Waals surface area contributed by atoms with Crippen LogP contribution in [0.4, 0.5) is 0 Å². The minimum absolute atomic E-state index is 0.518. The number of aryl methyl sites for hydroxylation is 1. The normalized spacial score (nSPS) is 18.2. The van der Waals surface area contributed by atoms with Gasteiger partial charge in [0.15, 0.2) is 0 Å². The van der Waals surface area contributed by atoms with Crippen molar-refractivity contribution >= 4 is 5.97 Å². The lowest BCUT2D eigenvalue weighted by Crippen LogP contribution is -2.10. The minimum atomic E-state index is -0.788. The molecule has 15 heavy (non-hydrogen) atoms. The lowest BCUT2D eigenvalue weighted by atomic mass is 9.86. The van der Waals surface area contributed by atoms with E-state index in [0.717, 1.165) is 24.8 Å². The summed E-state index contributed by atoms with van der Waals surface area (Å²) in [5, 5.41) is 8.92. The molecule has 1 aliphatic carbocycles. The molecule has 0 radical (unpaired) electrons. The molecule has 78 valence electrons. The number of benzene rings is 1. The van der Waals surface area contributed by atoms with Crippen molar-refractivity contribution in [1.29, 1.82) is 0 Å². The van der Waals surface area contributed by atoms with E-state index in [1.165, 1.54) is 11.1 Å². The lowest BCUT2D eigenvalue weighted by molar-refractivity contribution is -0.132. The number of carboxylic acid groups (broad SMARTS) is 1. The summed E-state index contributed by atoms with van der Waals surface area (Å²) in [5.41, 5.74) is 4.23. The van der Waals surface area contributed by atoms with Crippen LogP contribution in [0.15, 0.2) is 35.4 Å². The Hall–Kier alpha value is -1.57. The quantitative estimate of drug-likeness (QED) is 0.711. The number of allylic oxidation sites excluding steroid dienone is 1. The molecule has 1 aromatic carbocycles. The second kappa shape index (κ2) is 3.89. The van der Waals surface area contributed by atoms with E-state index in [-0.39, 0.29) is 0 Å². The van der Waals surface area contributed by atoms with E-state index in [1.807, 2.05) is 12.1 Å². The second-order valence-corrected chi connectivity index (χ2v) is 3.98. The fourth-order valence-corrected chi connectivity index (χ4v) is 2.05. The molecule has 2 heteroatoms. The van der Waals surface area contributed by atoms with Crippen LogP contribution in [-0.4, -0.2) is 11.1 Å². The highest BCUT2D eigenvalue weighted by Gasteiger charge is 2.16. The van der Waals surface area contributed by atoms with Gasteiger partial charge in [0, 0.05) is 5.57 Å². The molecule has 0 saturated carbocycles. The molecule has 0 unspecified atom stereocenters. The van der Waals surface area contributed by atoms with Gasteiger partial charge in [-0.15, -0.1) is 0 Å². The first-order chi connectivity index (χ1) is 7.18. The summed E-state index contributed by atoms with van der Waals surface area (Å²) < 4.78 is 0. The second-order valence-electron chi connectivity index (χ2n) is 3.98. The molecule has 1 aliphatic rings. The van der Waals surface area contributed by atoms with Crippen molar-refractivity contribution in [2.24, 2.45) is 0 Å². The van der Waals surface area contributed by atoms with Gasteiger partial charge < -0.3 is 5.11 Å². The highest BCUT2D eigenvalue weighted by molar-refractivity contribution is 5.87. The first-order valence-corrected chi connectivity index (χ1v) is 5.17. The lowest BCUT2D eigenvalue weighted by Gasteiger charge is -2.19. The smallest absolute Gasteiger partial charge is 0.331 e. The molecule has 2 rings (SSSR count). The third-order valence-corrected chi connectivity index (χ3v) is 3.07. The zero-order valence-electron chi connectivity index (χ0n) is 8.79. The molecule has 0 spiro atoms. The van der Waals surface area contributed by atoms with E-state index in [4.69, 9.17) is 5.11 Å². The number of rotatable bonds is 1. The number of hydrogen-bond acceptors (Lipinski definition) is 1. The van der Waals surface area contributed by atoms with Crippen molar-refractivity contribution in [2.75, 3.05) is 0 Å². The van der Waals surface area contributed by atoms with Crippen LogP contribution in [0, 0.1) is 0 Å². The van der Waals surface area contributed by atoms with Crippen LogP contribution in [0.1, 0.15) is 24.5 Å². The largest absolute Gasteiger partial charge is 0.478 e. The summed E-state index contributed by atoms with van der Waals surface area (Å²) in [6.07, 6.45) is 2.65. The average Bonchev–Trinajstić information content (AvgIpc) is 2.27. The first kappa shape index (κ1) is 9.97. The van der Waals surface area contributed by atoms with E-state index in [2.05, 4.69) is 12.1 Å². The van der Waals surface area contributed by atoms with Gasteiger partial charge in [0.25, 0.3) is 0 Å². The van der Waals surface area contributed by atoms with Gasteiger partial charge in [-0.3, -0.25) is 0 Å². The fraction of sp³-hybridized carbons (Fsp3) is 0.308. The van der Waals surface area contributed by atoms with Crippen molar-refractivity contribution in [2.45, 2.75) is 26.2 Å². The van der Waals surface area contributed by atoms with Gasteiger partial charge in [0.1, 0.15) is 0 Å². The molecule has 0 fully saturated rings. The van der Waals surface area contributed by atoms with Gasteiger partial charge in [0.2, 0.25) is 0 Å². The van der Waals surface area contributed by atoms with Crippen LogP contribution in [0.3, 0.4) is 0 Å². The summed E-state index contributed by atoms with van der Waals surface area (Å²) in [6.45, 7) is 1.70. The summed E-state index contributed by atoms with van der Waals surface area (Å²) in [6, 6.07) is 8.27. The topological polar surface area (TPSA) is 37.3 Å². The zero-order valence-corrected chi connectivity index (χ0v) is 8.79. The minimum Gasteiger partial charge on any atom is -0.478 e. The summed E-state index contributed by atoms with van der Waals surface area (Å²) in [7, 11) is 0. The van der Waals surface area contributed by atoms with Gasteiger partial charge in [-0.05, 0) is 37.3 Å². The molecule has 0 bridgehead atoms. The molecule has 0 aromatic heterocycles. The monoisotopic (exact) mass is 202 g/mol. The molecular weight excluding hydrogens is 188 g/mol. The Morgan fingerprint density at radius 1 is 1.20 bits per heavy atom. The van der Waals surface area contributed by atoms with E-state index < -0.39 is 5.97 Å². The third kappa shape index (κ3) is 1.94. The zero-order chi connectivity index (χ0) is 10.8. The van der Waals surface area contributed by atoms with Crippen molar-refractivity contribution in [3.8, 4) is 0 Å². The Morgan fingerprint density at radius 3 is 2.53 bits per heavy atom. The Bertz CT molecular complexity index is 430. The molecule has 0 atom stereocenters. The van der Waals surface area contributed by atoms with Crippen LogP contribution in [0.2, 0.25) is 0 Å². The highest BCUT2D eigenvalue weighted by atomic mass is 16.4. The van der Waals surface area contributed by atoms with Gasteiger partial charge in [0.05, 0.1) is 0 Å². The van der Waals surface area contributed by atoms with Crippen LogP contribution in [-0.2, 0) is 17.6 Å². The number of fused-ring (bicyclic) bond motifs is 1. The van der Waals surface area contributed by atoms with Gasteiger partial charge in [-0.2, -0.15) is 0 Å². The average molecular weight is 202 g/mol. The van der Waals surface area contributed by atoms with E-state index in [1.54, 1.807) is 6.92 Å². The van der Waals surface area contributed by atoms with E-state index >= 15 is 0 Å². The first-order valence-electron chi connectivity index (χ1n) is 5.17. The maximum Gasteiger partial charge on any atom is 0.331 e. The van der Waals surface area contributed by atoms with Crippen molar-refractivity contribution in [3.05, 3.63) is 46.5 Å². The Kier molecular flexibility index (Phi) is 2.58. The van der Waals surface area contributed by atoms with Crippen molar-refractivity contribution in [1.82, 2.24) is 0 Å². The molecule has 2 nitrogen and oxygen atoms in total. The van der Waals surface area contributed by atoms with E-state index in [9.17, 15) is 4.79 Å². The molecule has 0 heterocycles. The van der Waals surface area contributed by atoms with Crippen LogP contribution < -0.4 is 0 Å². The van der Waals surface area contributed by atoms with Gasteiger partial charge in [-0.25, -0.2) is 4.79 Å². The predicted octanol–water partition coefficient (Wildman–Crippen LogP) is 2.58.